The Hall–Kier alpha value is -1.77. The topological polar surface area (TPSA) is 42.1 Å². The summed E-state index contributed by atoms with van der Waals surface area (Å²) in [7, 11) is 0. The van der Waals surface area contributed by atoms with Gasteiger partial charge in [-0.3, -0.25) is 4.79 Å². The number of rotatable bonds is 4. The van der Waals surface area contributed by atoms with Crippen LogP contribution in [0.3, 0.4) is 0 Å². The van der Waals surface area contributed by atoms with Crippen LogP contribution in [0.25, 0.3) is 10.9 Å². The number of benzene rings is 1. The zero-order valence-electron chi connectivity index (χ0n) is 10.4. The van der Waals surface area contributed by atoms with Gasteiger partial charge in [0.25, 0.3) is 0 Å². The summed E-state index contributed by atoms with van der Waals surface area (Å²) in [5.74, 6) is 0.814. The number of nitrogens with one attached hydrogen (secondary N) is 1. The lowest BCUT2D eigenvalue weighted by atomic mass is 10.1. The molecule has 0 fully saturated rings. The van der Waals surface area contributed by atoms with Crippen molar-refractivity contribution >= 4 is 17.2 Å². The summed E-state index contributed by atoms with van der Waals surface area (Å²) in [5.41, 5.74) is 2.59. The molecule has 0 aliphatic heterocycles. The molecule has 3 nitrogen and oxygen atoms in total. The Bertz CT molecular complexity index is 542. The minimum absolute atomic E-state index is 0.187. The summed E-state index contributed by atoms with van der Waals surface area (Å²) in [6, 6.07) is 5.81. The molecule has 1 atom stereocenters. The third-order valence-electron chi connectivity index (χ3n) is 3.04. The lowest BCUT2D eigenvalue weighted by Crippen LogP contribution is -2.09. The summed E-state index contributed by atoms with van der Waals surface area (Å²) in [5, 5.41) is 0.929. The van der Waals surface area contributed by atoms with Gasteiger partial charge in [0.2, 0.25) is 0 Å². The lowest BCUT2D eigenvalue weighted by molar-refractivity contribution is 0.112. The third kappa shape index (κ3) is 2.18. The standard InChI is InChI=1S/C14H17NO2/c1-4-9(2)17-11-5-6-14-12(7-11)13(8-16)10(3)15-14/h5-9,15H,4H2,1-3H3/t9-/m0/s1. The number of aryl methyl sites for hydroxylation is 1. The molecule has 90 valence electrons. The highest BCUT2D eigenvalue weighted by Crippen LogP contribution is 2.26. The molecule has 1 aromatic heterocycles. The van der Waals surface area contributed by atoms with E-state index in [-0.39, 0.29) is 6.10 Å². The molecule has 0 unspecified atom stereocenters. The molecular weight excluding hydrogens is 214 g/mol. The molecule has 1 heterocycles. The van der Waals surface area contributed by atoms with E-state index in [9.17, 15) is 4.79 Å². The van der Waals surface area contributed by atoms with Crippen LogP contribution in [0.4, 0.5) is 0 Å². The number of fused-ring (bicyclic) bond motifs is 1. The molecule has 0 aliphatic carbocycles. The van der Waals surface area contributed by atoms with Crippen molar-refractivity contribution in [3.05, 3.63) is 29.5 Å². The molecule has 0 amide bonds. The third-order valence-corrected chi connectivity index (χ3v) is 3.04. The van der Waals surface area contributed by atoms with E-state index in [0.29, 0.717) is 0 Å². The highest BCUT2D eigenvalue weighted by Gasteiger charge is 2.09. The molecule has 3 heteroatoms. The van der Waals surface area contributed by atoms with Gasteiger partial charge < -0.3 is 9.72 Å². The number of carbonyl (C=O) groups excluding carboxylic acids is 1. The molecule has 17 heavy (non-hydrogen) atoms. The van der Waals surface area contributed by atoms with Crippen molar-refractivity contribution < 1.29 is 9.53 Å². The first-order valence-corrected chi connectivity index (χ1v) is 5.89. The zero-order chi connectivity index (χ0) is 12.4. The largest absolute Gasteiger partial charge is 0.491 e. The normalized spacial score (nSPS) is 12.6. The Balaban J connectivity index is 2.45. The van der Waals surface area contributed by atoms with Gasteiger partial charge in [0.15, 0.2) is 6.29 Å². The molecule has 0 bridgehead atoms. The summed E-state index contributed by atoms with van der Waals surface area (Å²) < 4.78 is 5.75. The van der Waals surface area contributed by atoms with Crippen LogP contribution in [0, 0.1) is 6.92 Å². The fraction of sp³-hybridized carbons (Fsp3) is 0.357. The molecule has 0 saturated heterocycles. The van der Waals surface area contributed by atoms with Gasteiger partial charge in [-0.15, -0.1) is 0 Å². The Kier molecular flexibility index (Phi) is 3.18. The number of hydrogen-bond acceptors (Lipinski definition) is 2. The van der Waals surface area contributed by atoms with Crippen LogP contribution < -0.4 is 4.74 Å². The van der Waals surface area contributed by atoms with E-state index in [0.717, 1.165) is 40.6 Å². The molecule has 2 rings (SSSR count). The van der Waals surface area contributed by atoms with Crippen LogP contribution >= 0.6 is 0 Å². The van der Waals surface area contributed by atoms with E-state index in [4.69, 9.17) is 4.74 Å². The summed E-state index contributed by atoms with van der Waals surface area (Å²) in [4.78, 5) is 14.2. The quantitative estimate of drug-likeness (QED) is 0.819. The van der Waals surface area contributed by atoms with Gasteiger partial charge >= 0.3 is 0 Å². The van der Waals surface area contributed by atoms with Crippen LogP contribution in [0.1, 0.15) is 36.3 Å². The van der Waals surface area contributed by atoms with Gasteiger partial charge in [-0.05, 0) is 38.5 Å². The Morgan fingerprint density at radius 3 is 2.88 bits per heavy atom. The van der Waals surface area contributed by atoms with Crippen molar-refractivity contribution in [2.45, 2.75) is 33.3 Å². The first-order valence-electron chi connectivity index (χ1n) is 5.89. The Labute approximate surface area is 101 Å². The van der Waals surface area contributed by atoms with Crippen molar-refractivity contribution in [2.24, 2.45) is 0 Å². The van der Waals surface area contributed by atoms with Crippen LogP contribution in [0.5, 0.6) is 5.75 Å². The molecular formula is C14H17NO2. The van der Waals surface area contributed by atoms with Crippen molar-refractivity contribution in [2.75, 3.05) is 0 Å². The monoisotopic (exact) mass is 231 g/mol. The molecule has 0 radical (unpaired) electrons. The first kappa shape index (κ1) is 11.7. The summed E-state index contributed by atoms with van der Waals surface area (Å²) in [6.07, 6.45) is 2.04. The number of carbonyl (C=O) groups is 1. The first-order chi connectivity index (χ1) is 8.15. The highest BCUT2D eigenvalue weighted by molar-refractivity contribution is 5.99. The van der Waals surface area contributed by atoms with E-state index in [1.165, 1.54) is 0 Å². The van der Waals surface area contributed by atoms with Crippen molar-refractivity contribution in [3.8, 4) is 5.75 Å². The Morgan fingerprint density at radius 1 is 1.47 bits per heavy atom. The lowest BCUT2D eigenvalue weighted by Gasteiger charge is -2.12. The second-order valence-corrected chi connectivity index (χ2v) is 4.33. The van der Waals surface area contributed by atoms with Gasteiger partial charge in [0, 0.05) is 22.2 Å². The number of hydrogen-bond donors (Lipinski definition) is 1. The maximum atomic E-state index is 11.0. The molecule has 1 aromatic carbocycles. The van der Waals surface area contributed by atoms with Crippen LogP contribution in [0.15, 0.2) is 18.2 Å². The number of ether oxygens (including phenoxy) is 1. The average molecular weight is 231 g/mol. The molecule has 1 N–H and O–H groups in total. The predicted molar refractivity (Wildman–Crippen MR) is 68.8 cm³/mol. The second kappa shape index (κ2) is 4.62. The van der Waals surface area contributed by atoms with Crippen molar-refractivity contribution in [1.29, 1.82) is 0 Å². The molecule has 0 saturated carbocycles. The fourth-order valence-corrected chi connectivity index (χ4v) is 1.87. The van der Waals surface area contributed by atoms with Gasteiger partial charge in [0.1, 0.15) is 5.75 Å². The minimum Gasteiger partial charge on any atom is -0.491 e. The Morgan fingerprint density at radius 2 is 2.24 bits per heavy atom. The number of aromatic amines is 1. The van der Waals surface area contributed by atoms with Gasteiger partial charge in [0.05, 0.1) is 6.10 Å². The van der Waals surface area contributed by atoms with E-state index < -0.39 is 0 Å². The van der Waals surface area contributed by atoms with E-state index >= 15 is 0 Å². The maximum absolute atomic E-state index is 11.0. The average Bonchev–Trinajstić information content (AvgIpc) is 2.63. The highest BCUT2D eigenvalue weighted by atomic mass is 16.5. The van der Waals surface area contributed by atoms with Crippen LogP contribution in [-0.2, 0) is 0 Å². The van der Waals surface area contributed by atoms with E-state index in [2.05, 4.69) is 11.9 Å². The zero-order valence-corrected chi connectivity index (χ0v) is 10.4. The predicted octanol–water partition coefficient (Wildman–Crippen LogP) is 3.47. The molecule has 0 spiro atoms. The number of H-pyrrole nitrogens is 1. The van der Waals surface area contributed by atoms with Crippen LogP contribution in [0.2, 0.25) is 0 Å². The molecule has 2 aromatic rings. The van der Waals surface area contributed by atoms with E-state index in [1.54, 1.807) is 0 Å². The summed E-state index contributed by atoms with van der Waals surface area (Å²) in [6.45, 7) is 6.02. The van der Waals surface area contributed by atoms with Crippen LogP contribution in [-0.4, -0.2) is 17.4 Å². The number of aromatic nitrogens is 1. The van der Waals surface area contributed by atoms with Gasteiger partial charge in [-0.1, -0.05) is 6.92 Å². The summed E-state index contributed by atoms with van der Waals surface area (Å²) >= 11 is 0. The number of aldehydes is 1. The fourth-order valence-electron chi connectivity index (χ4n) is 1.87. The van der Waals surface area contributed by atoms with E-state index in [1.807, 2.05) is 32.0 Å². The smallest absolute Gasteiger partial charge is 0.152 e. The van der Waals surface area contributed by atoms with Gasteiger partial charge in [-0.25, -0.2) is 0 Å². The molecule has 0 aliphatic rings. The maximum Gasteiger partial charge on any atom is 0.152 e. The van der Waals surface area contributed by atoms with Gasteiger partial charge in [-0.2, -0.15) is 0 Å². The minimum atomic E-state index is 0.187. The van der Waals surface area contributed by atoms with Crippen molar-refractivity contribution in [3.63, 3.8) is 0 Å². The van der Waals surface area contributed by atoms with Crippen molar-refractivity contribution in [1.82, 2.24) is 4.98 Å². The SMILES string of the molecule is CC[C@H](C)Oc1ccc2[nH]c(C)c(C=O)c2c1. The second-order valence-electron chi connectivity index (χ2n) is 4.33.